The van der Waals surface area contributed by atoms with Crippen LogP contribution in [0.1, 0.15) is 36.8 Å². The second-order valence-electron chi connectivity index (χ2n) is 8.48. The summed E-state index contributed by atoms with van der Waals surface area (Å²) in [5.74, 6) is 1.36. The lowest BCUT2D eigenvalue weighted by atomic mass is 9.82. The molecule has 9 heteroatoms. The van der Waals surface area contributed by atoms with Crippen molar-refractivity contribution in [3.63, 3.8) is 0 Å². The summed E-state index contributed by atoms with van der Waals surface area (Å²) in [4.78, 5) is 23.8. The minimum absolute atomic E-state index is 0.0521. The van der Waals surface area contributed by atoms with E-state index in [1.807, 2.05) is 6.07 Å². The smallest absolute Gasteiger partial charge is 0.311 e. The van der Waals surface area contributed by atoms with Crippen LogP contribution in [0.5, 0.6) is 5.75 Å². The van der Waals surface area contributed by atoms with Crippen molar-refractivity contribution < 1.29 is 14.6 Å². The molecule has 2 aromatic rings. The molecule has 0 atom stereocenters. The van der Waals surface area contributed by atoms with E-state index >= 15 is 0 Å². The fourth-order valence-electron chi connectivity index (χ4n) is 4.42. The molecule has 1 fully saturated rings. The van der Waals surface area contributed by atoms with E-state index in [2.05, 4.69) is 4.90 Å². The van der Waals surface area contributed by atoms with Crippen LogP contribution >= 0.6 is 0 Å². The van der Waals surface area contributed by atoms with Gasteiger partial charge in [-0.3, -0.25) is 25.1 Å². The van der Waals surface area contributed by atoms with Crippen molar-refractivity contribution in [1.82, 2.24) is 4.90 Å². The summed E-state index contributed by atoms with van der Waals surface area (Å²) in [5, 5.41) is 22.4. The third-order valence-electron chi connectivity index (χ3n) is 6.22. The zero-order valence-electron chi connectivity index (χ0n) is 18.3. The third-order valence-corrected chi connectivity index (χ3v) is 6.22. The summed E-state index contributed by atoms with van der Waals surface area (Å²) in [5.41, 5.74) is 7.63. The quantitative estimate of drug-likeness (QED) is 0.430. The number of nitrogens with zero attached hydrogens (tertiary/aromatic N) is 3. The Morgan fingerprint density at radius 1 is 0.938 bits per heavy atom. The average Bonchev–Trinajstić information content (AvgIpc) is 2.79. The first-order valence-corrected chi connectivity index (χ1v) is 10.9. The maximum Gasteiger partial charge on any atom is 0.311 e. The monoisotopic (exact) mass is 442 g/mol. The van der Waals surface area contributed by atoms with Crippen LogP contribution < -0.4 is 10.5 Å². The molecule has 0 amide bonds. The van der Waals surface area contributed by atoms with E-state index in [-0.39, 0.29) is 17.1 Å². The van der Waals surface area contributed by atoms with Crippen LogP contribution in [-0.4, -0.2) is 34.9 Å². The maximum absolute atomic E-state index is 11.4. The lowest BCUT2D eigenvalue weighted by Crippen LogP contribution is -2.32. The van der Waals surface area contributed by atoms with Gasteiger partial charge >= 0.3 is 5.69 Å². The van der Waals surface area contributed by atoms with Gasteiger partial charge < -0.3 is 10.5 Å². The highest BCUT2D eigenvalue weighted by atomic mass is 16.6. The Hall–Kier alpha value is -3.04. The van der Waals surface area contributed by atoms with Gasteiger partial charge in [0.15, 0.2) is 5.75 Å². The fraction of sp³-hybridized carbons (Fsp3) is 0.478. The van der Waals surface area contributed by atoms with Crippen molar-refractivity contribution >= 4 is 11.4 Å². The molecular formula is C23H30N4O5. The van der Waals surface area contributed by atoms with Gasteiger partial charge in [-0.2, -0.15) is 0 Å². The number of rotatable bonds is 10. The third kappa shape index (κ3) is 6.24. The molecule has 9 nitrogen and oxygen atoms in total. The Morgan fingerprint density at radius 2 is 1.53 bits per heavy atom. The lowest BCUT2D eigenvalue weighted by Gasteiger charge is -2.32. The second-order valence-corrected chi connectivity index (χ2v) is 8.48. The number of methoxy groups -OCH3 is 1. The van der Waals surface area contributed by atoms with Crippen LogP contribution in [0.3, 0.4) is 0 Å². The Morgan fingerprint density at radius 3 is 2.09 bits per heavy atom. The second kappa shape index (κ2) is 11.0. The molecule has 0 spiro atoms. The zero-order valence-corrected chi connectivity index (χ0v) is 18.3. The maximum atomic E-state index is 11.4. The minimum Gasteiger partial charge on any atom is -0.490 e. The van der Waals surface area contributed by atoms with Crippen molar-refractivity contribution in [3.8, 4) is 5.75 Å². The van der Waals surface area contributed by atoms with Gasteiger partial charge in [0.25, 0.3) is 5.69 Å². The van der Waals surface area contributed by atoms with Gasteiger partial charge in [0.2, 0.25) is 0 Å². The molecule has 0 unspecified atom stereocenters. The van der Waals surface area contributed by atoms with Gasteiger partial charge in [-0.1, -0.05) is 18.2 Å². The summed E-state index contributed by atoms with van der Waals surface area (Å²) in [6, 6.07) is 11.6. The normalized spacial score (nSPS) is 18.5. The Labute approximate surface area is 187 Å². The molecule has 2 aromatic carbocycles. The molecule has 0 heterocycles. The average molecular weight is 443 g/mol. The summed E-state index contributed by atoms with van der Waals surface area (Å²) >= 11 is 0. The topological polar surface area (TPSA) is 125 Å². The van der Waals surface area contributed by atoms with E-state index in [1.165, 1.54) is 19.2 Å². The van der Waals surface area contributed by atoms with Crippen LogP contribution in [0.15, 0.2) is 42.5 Å². The van der Waals surface area contributed by atoms with Gasteiger partial charge in [0, 0.05) is 37.8 Å². The molecular weight excluding hydrogens is 412 g/mol. The molecule has 172 valence electrons. The number of nitro groups is 2. The van der Waals surface area contributed by atoms with Crippen molar-refractivity contribution in [3.05, 3.63) is 73.8 Å². The molecule has 0 aliphatic heterocycles. The molecule has 0 bridgehead atoms. The Balaban J connectivity index is 1.77. The number of non-ortho nitro benzene ring substituents is 1. The molecule has 0 saturated heterocycles. The highest BCUT2D eigenvalue weighted by Gasteiger charge is 2.23. The van der Waals surface area contributed by atoms with Crippen LogP contribution in [-0.2, 0) is 13.1 Å². The number of benzene rings is 2. The fourth-order valence-corrected chi connectivity index (χ4v) is 4.42. The number of hydrogen-bond donors (Lipinski definition) is 1. The summed E-state index contributed by atoms with van der Waals surface area (Å²) in [6.07, 6.45) is 4.48. The number of nitro benzene ring substituents is 2. The number of hydrogen-bond acceptors (Lipinski definition) is 7. The largest absolute Gasteiger partial charge is 0.490 e. The van der Waals surface area contributed by atoms with Crippen molar-refractivity contribution in [2.75, 3.05) is 20.2 Å². The Kier molecular flexibility index (Phi) is 8.13. The van der Waals surface area contributed by atoms with Gasteiger partial charge in [0.05, 0.1) is 17.0 Å². The van der Waals surface area contributed by atoms with Gasteiger partial charge in [0.1, 0.15) is 0 Å². The Bertz CT molecular complexity index is 926. The molecule has 3 rings (SSSR count). The molecule has 1 aliphatic carbocycles. The molecule has 0 aromatic heterocycles. The predicted octanol–water partition coefficient (Wildman–Crippen LogP) is 4.28. The van der Waals surface area contributed by atoms with E-state index in [1.54, 1.807) is 24.3 Å². The molecule has 2 N–H and O–H groups in total. The van der Waals surface area contributed by atoms with Crippen LogP contribution in [0, 0.1) is 32.1 Å². The number of ether oxygens (including phenoxy) is 1. The van der Waals surface area contributed by atoms with E-state index in [0.717, 1.165) is 49.9 Å². The first-order valence-electron chi connectivity index (χ1n) is 10.9. The van der Waals surface area contributed by atoms with Crippen LogP contribution in [0.2, 0.25) is 0 Å². The molecule has 0 radical (unpaired) electrons. The van der Waals surface area contributed by atoms with E-state index in [9.17, 15) is 20.2 Å². The summed E-state index contributed by atoms with van der Waals surface area (Å²) in [6.45, 7) is 2.73. The van der Waals surface area contributed by atoms with E-state index in [0.29, 0.717) is 24.9 Å². The molecule has 1 aliphatic rings. The summed E-state index contributed by atoms with van der Waals surface area (Å²) < 4.78 is 5.11. The van der Waals surface area contributed by atoms with Crippen LogP contribution in [0.4, 0.5) is 11.4 Å². The molecule has 1 saturated carbocycles. The minimum atomic E-state index is -0.433. The highest BCUT2D eigenvalue weighted by Crippen LogP contribution is 2.31. The first-order chi connectivity index (χ1) is 15.4. The summed E-state index contributed by atoms with van der Waals surface area (Å²) in [7, 11) is 1.42. The predicted molar refractivity (Wildman–Crippen MR) is 121 cm³/mol. The van der Waals surface area contributed by atoms with Crippen LogP contribution in [0.25, 0.3) is 0 Å². The lowest BCUT2D eigenvalue weighted by molar-refractivity contribution is -0.385. The van der Waals surface area contributed by atoms with Crippen molar-refractivity contribution in [2.45, 2.75) is 38.8 Å². The standard InChI is InChI=1S/C23H30N4O5/c1-32-23-11-8-20(12-22(23)27(30)31)16-25(14-18-4-2-17(13-24)3-5-18)15-19-6-9-21(10-7-19)26(28)29/h6-12,17-18H,2-5,13-16,24H2,1H3. The van der Waals surface area contributed by atoms with Crippen molar-refractivity contribution in [1.29, 1.82) is 0 Å². The van der Waals surface area contributed by atoms with Gasteiger partial charge in [-0.25, -0.2) is 0 Å². The van der Waals surface area contributed by atoms with Gasteiger partial charge in [-0.15, -0.1) is 0 Å². The number of nitrogens with two attached hydrogens (primary N) is 1. The highest BCUT2D eigenvalue weighted by molar-refractivity contribution is 5.48. The SMILES string of the molecule is COc1ccc(CN(Cc2ccc([N+](=O)[O-])cc2)CC2CCC(CN)CC2)cc1[N+](=O)[O-]. The van der Waals surface area contributed by atoms with E-state index in [4.69, 9.17) is 10.5 Å². The first kappa shape index (κ1) is 23.6. The zero-order chi connectivity index (χ0) is 23.1. The van der Waals surface area contributed by atoms with Gasteiger partial charge in [-0.05, 0) is 61.3 Å². The molecule has 32 heavy (non-hydrogen) atoms. The van der Waals surface area contributed by atoms with Crippen molar-refractivity contribution in [2.24, 2.45) is 17.6 Å². The van der Waals surface area contributed by atoms with E-state index < -0.39 is 9.85 Å².